The monoisotopic (exact) mass is 471 g/mol. The van der Waals surface area contributed by atoms with Gasteiger partial charge in [0.05, 0.1) is 11.0 Å². The Balaban J connectivity index is 1.14. The van der Waals surface area contributed by atoms with Gasteiger partial charge in [-0.3, -0.25) is 14.7 Å². The van der Waals surface area contributed by atoms with Crippen LogP contribution in [-0.4, -0.2) is 67.0 Å². The lowest BCUT2D eigenvalue weighted by Crippen LogP contribution is -2.49. The third-order valence-corrected chi connectivity index (χ3v) is 7.08. The van der Waals surface area contributed by atoms with Crippen molar-refractivity contribution in [1.29, 1.82) is 0 Å². The molecule has 1 saturated carbocycles. The Morgan fingerprint density at radius 2 is 1.97 bits per heavy atom. The van der Waals surface area contributed by atoms with Crippen LogP contribution in [0, 0.1) is 12.8 Å². The number of rotatable bonds is 6. The van der Waals surface area contributed by atoms with Crippen LogP contribution in [0.2, 0.25) is 0 Å². The van der Waals surface area contributed by atoms with E-state index in [0.717, 1.165) is 67.1 Å². The van der Waals surface area contributed by atoms with Gasteiger partial charge in [-0.1, -0.05) is 5.16 Å². The van der Waals surface area contributed by atoms with E-state index in [1.165, 1.54) is 5.56 Å². The topological polar surface area (TPSA) is 104 Å². The molecule has 180 valence electrons. The fourth-order valence-electron chi connectivity index (χ4n) is 4.85. The van der Waals surface area contributed by atoms with Gasteiger partial charge < -0.3 is 14.4 Å². The lowest BCUT2D eigenvalue weighted by molar-refractivity contribution is -0.134. The number of aryl methyl sites for hydroxylation is 1. The van der Waals surface area contributed by atoms with E-state index in [9.17, 15) is 4.79 Å². The number of pyridine rings is 1. The average molecular weight is 472 g/mol. The summed E-state index contributed by atoms with van der Waals surface area (Å²) in [5, 5.41) is 3.87. The van der Waals surface area contributed by atoms with E-state index < -0.39 is 0 Å². The van der Waals surface area contributed by atoms with E-state index in [2.05, 4.69) is 44.1 Å². The molecule has 1 atom stereocenters. The highest BCUT2D eigenvalue weighted by atomic mass is 16.5. The summed E-state index contributed by atoms with van der Waals surface area (Å²) in [6.07, 6.45) is 4.64. The summed E-state index contributed by atoms with van der Waals surface area (Å²) in [7, 11) is 0. The van der Waals surface area contributed by atoms with Crippen molar-refractivity contribution in [1.82, 2.24) is 34.9 Å². The molecule has 1 unspecified atom stereocenters. The SMILES string of the molecule is Cc1noc(-c2ccc3nc(Cc4cc(C(C)N5CCN(C(=O)C6CC6)CC5)ccn4)[nH]c3c2)n1. The van der Waals surface area contributed by atoms with Gasteiger partial charge in [0.1, 0.15) is 5.82 Å². The average Bonchev–Trinajstić information content (AvgIpc) is 3.52. The molecule has 9 heteroatoms. The van der Waals surface area contributed by atoms with Crippen LogP contribution < -0.4 is 0 Å². The second kappa shape index (κ2) is 8.88. The molecule has 0 radical (unpaired) electrons. The van der Waals surface area contributed by atoms with Gasteiger partial charge >= 0.3 is 0 Å². The number of aromatic nitrogens is 5. The zero-order valence-electron chi connectivity index (χ0n) is 20.1. The standard InChI is InChI=1S/C26H29N7O2/c1-16(32-9-11-33(12-10-32)26(34)18-3-4-18)19-7-8-27-21(13-19)15-24-29-22-6-5-20(14-23(22)30-24)25-28-17(2)31-35-25/h5-8,13-14,16,18H,3-4,9-12,15H2,1-2H3,(H,29,30). The normalized spacial score (nSPS) is 17.7. The van der Waals surface area contributed by atoms with Crippen LogP contribution in [0.1, 0.15) is 48.7 Å². The van der Waals surface area contributed by atoms with Crippen molar-refractivity contribution in [3.63, 3.8) is 0 Å². The summed E-state index contributed by atoms with van der Waals surface area (Å²) < 4.78 is 5.29. The number of benzene rings is 1. The van der Waals surface area contributed by atoms with Crippen LogP contribution in [0.3, 0.4) is 0 Å². The van der Waals surface area contributed by atoms with E-state index in [0.29, 0.717) is 30.0 Å². The quantitative estimate of drug-likeness (QED) is 0.459. The molecule has 2 aliphatic rings. The molecule has 1 aromatic carbocycles. The van der Waals surface area contributed by atoms with Gasteiger partial charge in [-0.2, -0.15) is 4.98 Å². The van der Waals surface area contributed by atoms with Crippen molar-refractivity contribution >= 4 is 16.9 Å². The molecule has 1 aliphatic carbocycles. The van der Waals surface area contributed by atoms with Crippen LogP contribution in [-0.2, 0) is 11.2 Å². The molecule has 0 bridgehead atoms. The number of hydrogen-bond donors (Lipinski definition) is 1. The molecule has 1 saturated heterocycles. The van der Waals surface area contributed by atoms with Gasteiger partial charge in [0.25, 0.3) is 5.89 Å². The van der Waals surface area contributed by atoms with Gasteiger partial charge in [-0.05, 0) is 62.6 Å². The van der Waals surface area contributed by atoms with Crippen LogP contribution in [0.15, 0.2) is 41.1 Å². The molecule has 1 amide bonds. The van der Waals surface area contributed by atoms with Gasteiger partial charge in [-0.25, -0.2) is 4.98 Å². The van der Waals surface area contributed by atoms with Crippen molar-refractivity contribution in [2.24, 2.45) is 5.92 Å². The van der Waals surface area contributed by atoms with Crippen molar-refractivity contribution in [3.8, 4) is 11.5 Å². The first-order valence-corrected chi connectivity index (χ1v) is 12.3. The van der Waals surface area contributed by atoms with E-state index in [4.69, 9.17) is 9.51 Å². The molecule has 4 heterocycles. The summed E-state index contributed by atoms with van der Waals surface area (Å²) in [5.74, 6) is 2.63. The predicted molar refractivity (Wildman–Crippen MR) is 130 cm³/mol. The zero-order valence-corrected chi connectivity index (χ0v) is 20.1. The van der Waals surface area contributed by atoms with Gasteiger partial charge in [0, 0.05) is 62.0 Å². The van der Waals surface area contributed by atoms with Crippen molar-refractivity contribution < 1.29 is 9.32 Å². The lowest BCUT2D eigenvalue weighted by Gasteiger charge is -2.38. The van der Waals surface area contributed by atoms with Crippen LogP contribution in [0.25, 0.3) is 22.5 Å². The number of piperazine rings is 1. The van der Waals surface area contributed by atoms with Crippen molar-refractivity contribution in [3.05, 3.63) is 59.4 Å². The minimum atomic E-state index is 0.269. The zero-order chi connectivity index (χ0) is 23.9. The number of aromatic amines is 1. The molecule has 2 fully saturated rings. The maximum absolute atomic E-state index is 12.4. The second-order valence-corrected chi connectivity index (χ2v) is 9.63. The lowest BCUT2D eigenvalue weighted by atomic mass is 10.1. The molecule has 1 aliphatic heterocycles. The Hall–Kier alpha value is -3.59. The smallest absolute Gasteiger partial charge is 0.257 e. The van der Waals surface area contributed by atoms with Crippen LogP contribution in [0.4, 0.5) is 0 Å². The minimum Gasteiger partial charge on any atom is -0.342 e. The Morgan fingerprint density at radius 1 is 1.14 bits per heavy atom. The van der Waals surface area contributed by atoms with Crippen molar-refractivity contribution in [2.45, 2.75) is 39.2 Å². The fourth-order valence-corrected chi connectivity index (χ4v) is 4.85. The molecule has 4 aromatic rings. The van der Waals surface area contributed by atoms with E-state index in [-0.39, 0.29) is 6.04 Å². The maximum atomic E-state index is 12.4. The number of amides is 1. The van der Waals surface area contributed by atoms with Crippen molar-refractivity contribution in [2.75, 3.05) is 26.2 Å². The molecular formula is C26H29N7O2. The Kier molecular flexibility index (Phi) is 5.56. The summed E-state index contributed by atoms with van der Waals surface area (Å²) in [5.41, 5.74) is 4.90. The van der Waals surface area contributed by atoms with Crippen LogP contribution in [0.5, 0.6) is 0 Å². The molecule has 0 spiro atoms. The minimum absolute atomic E-state index is 0.269. The molecule has 1 N–H and O–H groups in total. The third kappa shape index (κ3) is 4.55. The first-order valence-electron chi connectivity index (χ1n) is 12.3. The van der Waals surface area contributed by atoms with E-state index >= 15 is 0 Å². The Bertz CT molecular complexity index is 1370. The number of imidazole rings is 1. The molecule has 9 nitrogen and oxygen atoms in total. The Labute approximate surface area is 203 Å². The Morgan fingerprint density at radius 3 is 2.71 bits per heavy atom. The number of hydrogen-bond acceptors (Lipinski definition) is 7. The highest BCUT2D eigenvalue weighted by Gasteiger charge is 2.35. The highest BCUT2D eigenvalue weighted by Crippen LogP contribution is 2.32. The first kappa shape index (κ1) is 21.9. The maximum Gasteiger partial charge on any atom is 0.257 e. The van der Waals surface area contributed by atoms with E-state index in [1.807, 2.05) is 29.3 Å². The summed E-state index contributed by atoms with van der Waals surface area (Å²) >= 11 is 0. The fraction of sp³-hybridized carbons (Fsp3) is 0.423. The molecule has 35 heavy (non-hydrogen) atoms. The van der Waals surface area contributed by atoms with Gasteiger partial charge in [0.2, 0.25) is 5.91 Å². The predicted octanol–water partition coefficient (Wildman–Crippen LogP) is 3.52. The first-order chi connectivity index (χ1) is 17.0. The molecular weight excluding hydrogens is 442 g/mol. The number of H-pyrrole nitrogens is 1. The summed E-state index contributed by atoms with van der Waals surface area (Å²) in [6, 6.07) is 10.4. The van der Waals surface area contributed by atoms with Gasteiger partial charge in [-0.15, -0.1) is 0 Å². The number of nitrogens with zero attached hydrogens (tertiary/aromatic N) is 6. The summed E-state index contributed by atoms with van der Waals surface area (Å²) in [4.78, 5) is 33.9. The number of carbonyl (C=O) groups is 1. The van der Waals surface area contributed by atoms with Gasteiger partial charge in [0.15, 0.2) is 5.82 Å². The summed E-state index contributed by atoms with van der Waals surface area (Å²) in [6.45, 7) is 7.49. The number of nitrogens with one attached hydrogen (secondary N) is 1. The molecule has 6 rings (SSSR count). The second-order valence-electron chi connectivity index (χ2n) is 9.63. The number of fused-ring (bicyclic) bond motifs is 1. The van der Waals surface area contributed by atoms with Crippen LogP contribution >= 0.6 is 0 Å². The highest BCUT2D eigenvalue weighted by molar-refractivity contribution is 5.81. The molecule has 3 aromatic heterocycles. The largest absolute Gasteiger partial charge is 0.342 e. The van der Waals surface area contributed by atoms with E-state index in [1.54, 1.807) is 6.92 Å². The number of carbonyl (C=O) groups excluding carboxylic acids is 1. The third-order valence-electron chi connectivity index (χ3n) is 7.08.